The number of hydrogen-bond acceptors (Lipinski definition) is 6. The number of hydrogen-bond donors (Lipinski definition) is 0. The minimum absolute atomic E-state index is 0.0727. The van der Waals surface area contributed by atoms with Gasteiger partial charge in [-0.1, -0.05) is 96.5 Å². The largest absolute Gasteiger partial charge is 0.778 e. The lowest BCUT2D eigenvalue weighted by molar-refractivity contribution is -0.697. The topological polar surface area (TPSA) is 88.8 Å². The number of nitrogens with zero attached hydrogens (tertiary/aromatic N) is 1. The number of rotatable bonds is 25. The number of unbranched alkanes of at least 4 members (excludes halogenated alkanes) is 13. The van der Waals surface area contributed by atoms with Crippen molar-refractivity contribution in [1.82, 2.24) is 0 Å². The summed E-state index contributed by atoms with van der Waals surface area (Å²) in [5.41, 5.74) is 0. The highest BCUT2D eigenvalue weighted by Crippen LogP contribution is 2.37. The van der Waals surface area contributed by atoms with Crippen LogP contribution in [0.5, 0.6) is 0 Å². The summed E-state index contributed by atoms with van der Waals surface area (Å²) >= 11 is 0. The SMILES string of the molecule is CCCCCCCCCCCCCCCCOCC(CCP(=O)([O-])OCC[n+]1ccccc1)OC(C)=O. The maximum Gasteiger partial charge on any atom is 0.302 e. The van der Waals surface area contributed by atoms with Crippen LogP contribution >= 0.6 is 7.60 Å². The number of pyridine rings is 1. The molecule has 0 bridgehead atoms. The molecular weight excluding hydrogens is 489 g/mol. The van der Waals surface area contributed by atoms with Crippen LogP contribution in [0.1, 0.15) is 110 Å². The van der Waals surface area contributed by atoms with Gasteiger partial charge in [0.2, 0.25) is 0 Å². The highest BCUT2D eigenvalue weighted by Gasteiger charge is 2.18. The van der Waals surface area contributed by atoms with Crippen molar-refractivity contribution in [3.63, 3.8) is 0 Å². The van der Waals surface area contributed by atoms with Crippen LogP contribution in [-0.2, 0) is 29.9 Å². The van der Waals surface area contributed by atoms with E-state index in [9.17, 15) is 14.3 Å². The second-order valence-electron chi connectivity index (χ2n) is 9.97. The van der Waals surface area contributed by atoms with Crippen molar-refractivity contribution in [3.05, 3.63) is 30.6 Å². The van der Waals surface area contributed by atoms with Crippen molar-refractivity contribution in [2.24, 2.45) is 0 Å². The van der Waals surface area contributed by atoms with E-state index in [2.05, 4.69) is 6.92 Å². The van der Waals surface area contributed by atoms with Crippen molar-refractivity contribution in [1.29, 1.82) is 0 Å². The van der Waals surface area contributed by atoms with Gasteiger partial charge < -0.3 is 23.5 Å². The minimum Gasteiger partial charge on any atom is -0.778 e. The van der Waals surface area contributed by atoms with E-state index in [0.29, 0.717) is 13.2 Å². The van der Waals surface area contributed by atoms with E-state index >= 15 is 0 Å². The number of ether oxygens (including phenoxy) is 2. The predicted octanol–water partition coefficient (Wildman–Crippen LogP) is 6.36. The van der Waals surface area contributed by atoms with Crippen molar-refractivity contribution in [2.75, 3.05) is 26.0 Å². The second kappa shape index (κ2) is 22.7. The van der Waals surface area contributed by atoms with Crippen LogP contribution in [0.2, 0.25) is 0 Å². The fraction of sp³-hybridized carbons (Fsp3) is 0.793. The van der Waals surface area contributed by atoms with Gasteiger partial charge in [-0.25, -0.2) is 4.57 Å². The van der Waals surface area contributed by atoms with E-state index in [4.69, 9.17) is 14.0 Å². The first-order chi connectivity index (χ1) is 17.9. The number of aromatic nitrogens is 1. The predicted molar refractivity (Wildman–Crippen MR) is 146 cm³/mol. The summed E-state index contributed by atoms with van der Waals surface area (Å²) in [7, 11) is -4.01. The summed E-state index contributed by atoms with van der Waals surface area (Å²) in [5.74, 6) is -0.438. The normalized spacial score (nSPS) is 13.8. The highest BCUT2D eigenvalue weighted by molar-refractivity contribution is 7.51. The van der Waals surface area contributed by atoms with E-state index < -0.39 is 19.7 Å². The lowest BCUT2D eigenvalue weighted by Gasteiger charge is -2.25. The lowest BCUT2D eigenvalue weighted by atomic mass is 10.0. The molecule has 0 N–H and O–H groups in total. The Balaban J connectivity index is 2.04. The van der Waals surface area contributed by atoms with E-state index in [1.54, 1.807) is 0 Å². The molecule has 2 unspecified atom stereocenters. The van der Waals surface area contributed by atoms with Gasteiger partial charge in [-0.05, 0) is 12.8 Å². The first-order valence-electron chi connectivity index (χ1n) is 14.6. The summed E-state index contributed by atoms with van der Waals surface area (Å²) in [6, 6.07) is 5.64. The third-order valence-corrected chi connectivity index (χ3v) is 7.80. The molecule has 0 saturated carbocycles. The Bertz CT molecular complexity index is 718. The van der Waals surface area contributed by atoms with Crippen molar-refractivity contribution in [3.8, 4) is 0 Å². The Morgan fingerprint density at radius 2 is 1.38 bits per heavy atom. The van der Waals surface area contributed by atoms with Gasteiger partial charge in [-0.2, -0.15) is 0 Å². The van der Waals surface area contributed by atoms with Gasteiger partial charge in [0, 0.05) is 31.8 Å². The standard InChI is InChI=1S/C29H52NO6P/c1-3-4-5-6-7-8-9-10-11-12-13-14-15-19-24-34-27-29(36-28(2)31)20-26-37(32,33)35-25-23-30-21-17-16-18-22-30/h16-18,21-22,29H,3-15,19-20,23-27H2,1-2H3. The second-order valence-corrected chi connectivity index (χ2v) is 11.9. The number of carbonyl (C=O) groups excluding carboxylic acids is 1. The van der Waals surface area contributed by atoms with Gasteiger partial charge in [0.25, 0.3) is 0 Å². The fourth-order valence-corrected chi connectivity index (χ4v) is 5.35. The molecule has 214 valence electrons. The number of carbonyl (C=O) groups is 1. The zero-order valence-corrected chi connectivity index (χ0v) is 24.3. The summed E-state index contributed by atoms with van der Waals surface area (Å²) in [4.78, 5) is 23.7. The maximum absolute atomic E-state index is 12.2. The molecule has 0 fully saturated rings. The molecule has 0 amide bonds. The zero-order chi connectivity index (χ0) is 27.0. The van der Waals surface area contributed by atoms with Gasteiger partial charge in [0.05, 0.1) is 6.61 Å². The molecular formula is C29H52NO6P. The summed E-state index contributed by atoms with van der Waals surface area (Å²) in [5, 5.41) is 0. The molecule has 1 rings (SSSR count). The highest BCUT2D eigenvalue weighted by atomic mass is 31.2. The average Bonchev–Trinajstić information content (AvgIpc) is 2.87. The Kier molecular flexibility index (Phi) is 20.7. The Hall–Kier alpha value is -1.27. The van der Waals surface area contributed by atoms with E-state index in [1.807, 2.05) is 35.2 Å². The molecule has 2 atom stereocenters. The molecule has 1 aromatic rings. The molecule has 37 heavy (non-hydrogen) atoms. The molecule has 0 aliphatic rings. The molecule has 0 aliphatic heterocycles. The van der Waals surface area contributed by atoms with Crippen molar-refractivity contribution < 1.29 is 32.8 Å². The summed E-state index contributed by atoms with van der Waals surface area (Å²) < 4.78 is 30.2. The molecule has 1 aromatic heterocycles. The summed E-state index contributed by atoms with van der Waals surface area (Å²) in [6.45, 7) is 4.91. The van der Waals surface area contributed by atoms with Crippen LogP contribution in [0, 0.1) is 0 Å². The summed E-state index contributed by atoms with van der Waals surface area (Å²) in [6.07, 6.45) is 21.4. The molecule has 0 radical (unpaired) electrons. The van der Waals surface area contributed by atoms with Crippen LogP contribution in [0.3, 0.4) is 0 Å². The van der Waals surface area contributed by atoms with Gasteiger partial charge in [-0.3, -0.25) is 4.79 Å². The lowest BCUT2D eigenvalue weighted by Crippen LogP contribution is -2.35. The third kappa shape index (κ3) is 21.4. The first kappa shape index (κ1) is 33.8. The van der Waals surface area contributed by atoms with Crippen LogP contribution in [0.15, 0.2) is 30.6 Å². The molecule has 0 aliphatic carbocycles. The van der Waals surface area contributed by atoms with Crippen LogP contribution in [0.25, 0.3) is 0 Å². The fourth-order valence-electron chi connectivity index (χ4n) is 4.26. The Morgan fingerprint density at radius 3 is 1.92 bits per heavy atom. The monoisotopic (exact) mass is 541 g/mol. The van der Waals surface area contributed by atoms with Crippen LogP contribution in [-0.4, -0.2) is 38.1 Å². The quantitative estimate of drug-likeness (QED) is 0.0619. The van der Waals surface area contributed by atoms with Gasteiger partial charge in [0.15, 0.2) is 18.9 Å². The van der Waals surface area contributed by atoms with Crippen molar-refractivity contribution in [2.45, 2.75) is 123 Å². The van der Waals surface area contributed by atoms with Crippen molar-refractivity contribution >= 4 is 13.6 Å². The minimum atomic E-state index is -4.01. The van der Waals surface area contributed by atoms with Gasteiger partial charge in [-0.15, -0.1) is 0 Å². The zero-order valence-electron chi connectivity index (χ0n) is 23.5. The van der Waals surface area contributed by atoms with Crippen LogP contribution < -0.4 is 9.46 Å². The molecule has 0 spiro atoms. The van der Waals surface area contributed by atoms with Gasteiger partial charge >= 0.3 is 5.97 Å². The average molecular weight is 542 g/mol. The van der Waals surface area contributed by atoms with E-state index in [-0.39, 0.29) is 25.8 Å². The molecule has 7 nitrogen and oxygen atoms in total. The Morgan fingerprint density at radius 1 is 0.838 bits per heavy atom. The molecule has 8 heteroatoms. The maximum atomic E-state index is 12.2. The van der Waals surface area contributed by atoms with E-state index in [1.165, 1.54) is 84.0 Å². The number of esters is 1. The van der Waals surface area contributed by atoms with Crippen LogP contribution in [0.4, 0.5) is 0 Å². The molecule has 0 saturated heterocycles. The molecule has 1 heterocycles. The Labute approximate surface area is 225 Å². The first-order valence-corrected chi connectivity index (χ1v) is 16.3. The smallest absolute Gasteiger partial charge is 0.302 e. The third-order valence-electron chi connectivity index (χ3n) is 6.42. The van der Waals surface area contributed by atoms with E-state index in [0.717, 1.165) is 12.8 Å². The van der Waals surface area contributed by atoms with Gasteiger partial charge in [0.1, 0.15) is 20.3 Å². The molecule has 0 aromatic carbocycles.